The second-order valence-corrected chi connectivity index (χ2v) is 5.68. The van der Waals surface area contributed by atoms with Gasteiger partial charge in [0.1, 0.15) is 0 Å². The lowest BCUT2D eigenvalue weighted by Gasteiger charge is -2.19. The number of hydrogen-bond acceptors (Lipinski definition) is 3. The van der Waals surface area contributed by atoms with Crippen LogP contribution >= 0.6 is 12.4 Å². The van der Waals surface area contributed by atoms with Gasteiger partial charge in [0.05, 0.1) is 0 Å². The van der Waals surface area contributed by atoms with Crippen molar-refractivity contribution in [3.05, 3.63) is 30.1 Å². The van der Waals surface area contributed by atoms with Gasteiger partial charge in [0.15, 0.2) is 18.2 Å². The number of amides is 1. The Hall–Kier alpha value is -1.33. The number of carbonyl (C=O) groups is 1. The summed E-state index contributed by atoms with van der Waals surface area (Å²) in [5.41, 5.74) is 6.05. The number of likely N-dealkylation sites (tertiary alicyclic amines) is 1. The van der Waals surface area contributed by atoms with Crippen molar-refractivity contribution < 1.29 is 13.9 Å². The van der Waals surface area contributed by atoms with E-state index in [1.165, 1.54) is 12.1 Å². The lowest BCUT2D eigenvalue weighted by atomic mass is 9.98. The van der Waals surface area contributed by atoms with Crippen LogP contribution in [0.15, 0.2) is 24.3 Å². The zero-order valence-corrected chi connectivity index (χ0v) is 12.5. The number of benzene rings is 1. The highest BCUT2D eigenvalue weighted by atomic mass is 35.5. The minimum Gasteiger partial charge on any atom is -0.481 e. The van der Waals surface area contributed by atoms with Gasteiger partial charge in [-0.1, -0.05) is 12.1 Å². The van der Waals surface area contributed by atoms with Crippen molar-refractivity contribution in [3.63, 3.8) is 0 Å². The molecule has 0 bridgehead atoms. The molecule has 21 heavy (non-hydrogen) atoms. The number of para-hydroxylation sites is 1. The Balaban J connectivity index is 0.00000161. The molecule has 1 saturated carbocycles. The topological polar surface area (TPSA) is 55.6 Å². The molecule has 0 radical (unpaired) electrons. The molecule has 1 aliphatic heterocycles. The van der Waals surface area contributed by atoms with Gasteiger partial charge in [0, 0.05) is 19.1 Å². The van der Waals surface area contributed by atoms with Crippen molar-refractivity contribution in [2.75, 3.05) is 19.7 Å². The second kappa shape index (κ2) is 6.62. The number of hydrogen-bond donors (Lipinski definition) is 1. The van der Waals surface area contributed by atoms with Gasteiger partial charge >= 0.3 is 0 Å². The van der Waals surface area contributed by atoms with Crippen molar-refractivity contribution in [2.24, 2.45) is 17.6 Å². The molecule has 1 aromatic carbocycles. The third-order valence-electron chi connectivity index (χ3n) is 4.45. The first-order valence-corrected chi connectivity index (χ1v) is 7.06. The number of nitrogens with zero attached hydrogens (tertiary/aromatic N) is 1. The average Bonchev–Trinajstić information content (AvgIpc) is 3.00. The van der Waals surface area contributed by atoms with E-state index in [1.54, 1.807) is 17.0 Å². The molecule has 1 heterocycles. The summed E-state index contributed by atoms with van der Waals surface area (Å²) < 4.78 is 18.7. The molecule has 1 amide bonds. The van der Waals surface area contributed by atoms with Crippen molar-refractivity contribution in [2.45, 2.75) is 18.9 Å². The molecule has 3 atom stereocenters. The van der Waals surface area contributed by atoms with Gasteiger partial charge in [0.25, 0.3) is 5.91 Å². The molecule has 1 aliphatic carbocycles. The van der Waals surface area contributed by atoms with E-state index in [4.69, 9.17) is 10.5 Å². The smallest absolute Gasteiger partial charge is 0.260 e. The molecule has 1 saturated heterocycles. The summed E-state index contributed by atoms with van der Waals surface area (Å²) in [6.45, 7) is 1.36. The SMILES string of the molecule is Cl.NC1CCC2CN(C(=O)COc3ccccc3F)CC12. The first-order valence-electron chi connectivity index (χ1n) is 7.06. The maximum absolute atomic E-state index is 13.4. The average molecular weight is 315 g/mol. The fourth-order valence-corrected chi connectivity index (χ4v) is 3.30. The maximum Gasteiger partial charge on any atom is 0.260 e. The van der Waals surface area contributed by atoms with Crippen LogP contribution in [0.5, 0.6) is 5.75 Å². The number of halogens is 2. The Kier molecular flexibility index (Phi) is 5.06. The number of ether oxygens (including phenoxy) is 1. The number of rotatable bonds is 3. The Morgan fingerprint density at radius 1 is 1.33 bits per heavy atom. The lowest BCUT2D eigenvalue weighted by Crippen LogP contribution is -2.36. The van der Waals surface area contributed by atoms with Crippen molar-refractivity contribution in [3.8, 4) is 5.75 Å². The normalized spacial score (nSPS) is 27.1. The van der Waals surface area contributed by atoms with Crippen LogP contribution in [-0.2, 0) is 4.79 Å². The number of carbonyl (C=O) groups excluding carboxylic acids is 1. The molecular formula is C15H20ClFN2O2. The molecule has 0 spiro atoms. The van der Waals surface area contributed by atoms with E-state index >= 15 is 0 Å². The van der Waals surface area contributed by atoms with Crippen LogP contribution in [0, 0.1) is 17.7 Å². The molecule has 4 nitrogen and oxygen atoms in total. The third kappa shape index (κ3) is 3.30. The lowest BCUT2D eigenvalue weighted by molar-refractivity contribution is -0.132. The highest BCUT2D eigenvalue weighted by Gasteiger charge is 2.42. The van der Waals surface area contributed by atoms with Gasteiger partial charge in [-0.25, -0.2) is 4.39 Å². The molecular weight excluding hydrogens is 295 g/mol. The van der Waals surface area contributed by atoms with E-state index in [1.807, 2.05) is 0 Å². The summed E-state index contributed by atoms with van der Waals surface area (Å²) in [6, 6.07) is 6.33. The van der Waals surface area contributed by atoms with E-state index in [2.05, 4.69) is 0 Å². The van der Waals surface area contributed by atoms with Gasteiger partial charge in [-0.2, -0.15) is 0 Å². The molecule has 2 N–H and O–H groups in total. The molecule has 116 valence electrons. The molecule has 2 aliphatic rings. The molecule has 1 aromatic rings. The van der Waals surface area contributed by atoms with E-state index < -0.39 is 5.82 Å². The van der Waals surface area contributed by atoms with Crippen molar-refractivity contribution in [1.29, 1.82) is 0 Å². The van der Waals surface area contributed by atoms with E-state index in [-0.39, 0.29) is 36.7 Å². The summed E-state index contributed by atoms with van der Waals surface area (Å²) in [5.74, 6) is 0.544. The fraction of sp³-hybridized carbons (Fsp3) is 0.533. The number of fused-ring (bicyclic) bond motifs is 1. The summed E-state index contributed by atoms with van der Waals surface area (Å²) in [4.78, 5) is 13.9. The summed E-state index contributed by atoms with van der Waals surface area (Å²) >= 11 is 0. The van der Waals surface area contributed by atoms with E-state index in [9.17, 15) is 9.18 Å². The van der Waals surface area contributed by atoms with Crippen LogP contribution < -0.4 is 10.5 Å². The van der Waals surface area contributed by atoms with Gasteiger partial charge in [-0.05, 0) is 36.8 Å². The molecule has 0 aromatic heterocycles. The minimum absolute atomic E-state index is 0. The highest BCUT2D eigenvalue weighted by Crippen LogP contribution is 2.37. The Bertz CT molecular complexity index is 514. The Labute approximate surface area is 129 Å². The monoisotopic (exact) mass is 314 g/mol. The fourth-order valence-electron chi connectivity index (χ4n) is 3.30. The van der Waals surface area contributed by atoms with E-state index in [0.29, 0.717) is 18.4 Å². The van der Waals surface area contributed by atoms with E-state index in [0.717, 1.165) is 19.4 Å². The van der Waals surface area contributed by atoms with Crippen molar-refractivity contribution >= 4 is 18.3 Å². The quantitative estimate of drug-likeness (QED) is 0.926. The molecule has 2 fully saturated rings. The van der Waals surface area contributed by atoms with Crippen LogP contribution in [0.25, 0.3) is 0 Å². The van der Waals surface area contributed by atoms with Gasteiger partial charge in [-0.15, -0.1) is 12.4 Å². The first-order chi connectivity index (χ1) is 9.65. The minimum atomic E-state index is -0.444. The van der Waals surface area contributed by atoms with Gasteiger partial charge < -0.3 is 15.4 Å². The van der Waals surface area contributed by atoms with Gasteiger partial charge in [0.2, 0.25) is 0 Å². The standard InChI is InChI=1S/C15H19FN2O2.ClH/c16-12-3-1-2-4-14(12)20-9-15(19)18-7-10-5-6-13(17)11(10)8-18;/h1-4,10-11,13H,5-9,17H2;1H. The van der Waals surface area contributed by atoms with Crippen LogP contribution in [-0.4, -0.2) is 36.5 Å². The molecule has 3 unspecified atom stereocenters. The zero-order valence-electron chi connectivity index (χ0n) is 11.7. The largest absolute Gasteiger partial charge is 0.481 e. The summed E-state index contributed by atoms with van der Waals surface area (Å²) in [7, 11) is 0. The van der Waals surface area contributed by atoms with Crippen LogP contribution in [0.2, 0.25) is 0 Å². The van der Waals surface area contributed by atoms with Gasteiger partial charge in [-0.3, -0.25) is 4.79 Å². The predicted octanol–water partition coefficient (Wildman–Crippen LogP) is 1.82. The first kappa shape index (κ1) is 16.0. The van der Waals surface area contributed by atoms with Crippen LogP contribution in [0.1, 0.15) is 12.8 Å². The predicted molar refractivity (Wildman–Crippen MR) is 79.9 cm³/mol. The zero-order chi connectivity index (χ0) is 14.1. The summed E-state index contributed by atoms with van der Waals surface area (Å²) in [6.07, 6.45) is 2.16. The Morgan fingerprint density at radius 2 is 2.10 bits per heavy atom. The second-order valence-electron chi connectivity index (χ2n) is 5.68. The maximum atomic E-state index is 13.4. The molecule has 6 heteroatoms. The highest BCUT2D eigenvalue weighted by molar-refractivity contribution is 5.85. The molecule has 3 rings (SSSR count). The summed E-state index contributed by atoms with van der Waals surface area (Å²) in [5, 5.41) is 0. The number of nitrogens with two attached hydrogens (primary N) is 1. The Morgan fingerprint density at radius 3 is 2.81 bits per heavy atom. The van der Waals surface area contributed by atoms with Crippen molar-refractivity contribution in [1.82, 2.24) is 4.90 Å². The third-order valence-corrected chi connectivity index (χ3v) is 4.45. The van der Waals surface area contributed by atoms with Crippen LogP contribution in [0.4, 0.5) is 4.39 Å². The van der Waals surface area contributed by atoms with Crippen LogP contribution in [0.3, 0.4) is 0 Å².